The van der Waals surface area contributed by atoms with Crippen molar-refractivity contribution in [2.45, 2.75) is 33.2 Å². The van der Waals surface area contributed by atoms with Crippen molar-refractivity contribution >= 4 is 11.9 Å². The molecular weight excluding hydrogens is 306 g/mol. The Bertz CT molecular complexity index is 759. The standard InChI is InChI=1S/C19H21NO4/c1-4-5-11-15(19(22)23)20-18(21)16-12(2)13(3)24-17(16)14-9-7-6-8-10-14/h4-10,15H,11H2,1-3H3,(H,20,21)(H,22,23)/b5-4+. The van der Waals surface area contributed by atoms with Gasteiger partial charge in [-0.05, 0) is 27.2 Å². The van der Waals surface area contributed by atoms with Gasteiger partial charge < -0.3 is 14.8 Å². The second kappa shape index (κ2) is 7.64. The molecule has 1 heterocycles. The summed E-state index contributed by atoms with van der Waals surface area (Å²) in [7, 11) is 0. The lowest BCUT2D eigenvalue weighted by Gasteiger charge is -2.13. The highest BCUT2D eigenvalue weighted by Gasteiger charge is 2.26. The van der Waals surface area contributed by atoms with E-state index in [9.17, 15) is 14.7 Å². The minimum absolute atomic E-state index is 0.230. The molecule has 1 aromatic heterocycles. The van der Waals surface area contributed by atoms with Crippen molar-refractivity contribution in [2.24, 2.45) is 0 Å². The fourth-order valence-corrected chi connectivity index (χ4v) is 2.42. The number of benzene rings is 1. The molecule has 126 valence electrons. The molecule has 0 radical (unpaired) electrons. The summed E-state index contributed by atoms with van der Waals surface area (Å²) in [5, 5.41) is 11.9. The number of carbonyl (C=O) groups is 2. The molecule has 5 heteroatoms. The van der Waals surface area contributed by atoms with Crippen molar-refractivity contribution in [3.05, 3.63) is 59.4 Å². The number of rotatable bonds is 6. The predicted molar refractivity (Wildman–Crippen MR) is 91.9 cm³/mol. The summed E-state index contributed by atoms with van der Waals surface area (Å²) < 4.78 is 5.75. The van der Waals surface area contributed by atoms with E-state index in [-0.39, 0.29) is 6.42 Å². The van der Waals surface area contributed by atoms with Crippen LogP contribution in [0.25, 0.3) is 11.3 Å². The zero-order valence-corrected chi connectivity index (χ0v) is 14.0. The van der Waals surface area contributed by atoms with Gasteiger partial charge >= 0.3 is 5.97 Å². The van der Waals surface area contributed by atoms with Crippen molar-refractivity contribution in [1.82, 2.24) is 5.32 Å². The minimum atomic E-state index is -1.07. The Hall–Kier alpha value is -2.82. The molecular formula is C19H21NO4. The van der Waals surface area contributed by atoms with E-state index >= 15 is 0 Å². The van der Waals surface area contributed by atoms with Crippen molar-refractivity contribution in [1.29, 1.82) is 0 Å². The summed E-state index contributed by atoms with van der Waals surface area (Å²) in [6.45, 7) is 5.38. The number of hydrogen-bond acceptors (Lipinski definition) is 3. The second-order valence-corrected chi connectivity index (χ2v) is 5.52. The first-order valence-corrected chi connectivity index (χ1v) is 7.76. The number of carboxylic acids is 1. The number of carboxylic acid groups (broad SMARTS) is 1. The van der Waals surface area contributed by atoms with E-state index < -0.39 is 17.9 Å². The van der Waals surface area contributed by atoms with Gasteiger partial charge in [0.1, 0.15) is 17.6 Å². The summed E-state index contributed by atoms with van der Waals surface area (Å²) in [6, 6.07) is 8.31. The van der Waals surface area contributed by atoms with Crippen LogP contribution in [-0.4, -0.2) is 23.0 Å². The first-order valence-electron chi connectivity index (χ1n) is 7.76. The van der Waals surface area contributed by atoms with Gasteiger partial charge in [-0.25, -0.2) is 4.79 Å². The maximum Gasteiger partial charge on any atom is 0.326 e. The third-order valence-corrected chi connectivity index (χ3v) is 3.86. The molecule has 24 heavy (non-hydrogen) atoms. The third-order valence-electron chi connectivity index (χ3n) is 3.86. The Morgan fingerprint density at radius 1 is 1.25 bits per heavy atom. The van der Waals surface area contributed by atoms with Gasteiger partial charge in [-0.3, -0.25) is 4.79 Å². The molecule has 0 aliphatic carbocycles. The van der Waals surface area contributed by atoms with Crippen LogP contribution in [0.2, 0.25) is 0 Å². The van der Waals surface area contributed by atoms with E-state index in [0.29, 0.717) is 22.6 Å². The normalized spacial score (nSPS) is 12.3. The highest BCUT2D eigenvalue weighted by Crippen LogP contribution is 2.30. The summed E-state index contributed by atoms with van der Waals surface area (Å²) in [5.41, 5.74) is 1.87. The molecule has 0 aliphatic heterocycles. The van der Waals surface area contributed by atoms with Crippen molar-refractivity contribution in [2.75, 3.05) is 0 Å². The molecule has 0 saturated heterocycles. The number of nitrogens with one attached hydrogen (secondary N) is 1. The number of amides is 1. The highest BCUT2D eigenvalue weighted by molar-refractivity contribution is 6.02. The minimum Gasteiger partial charge on any atom is -0.480 e. The Morgan fingerprint density at radius 3 is 2.50 bits per heavy atom. The molecule has 1 unspecified atom stereocenters. The lowest BCUT2D eigenvalue weighted by molar-refractivity contribution is -0.139. The predicted octanol–water partition coefficient (Wildman–Crippen LogP) is 3.71. The Kier molecular flexibility index (Phi) is 5.58. The van der Waals surface area contributed by atoms with Crippen LogP contribution in [-0.2, 0) is 4.79 Å². The molecule has 0 bridgehead atoms. The molecule has 1 aromatic carbocycles. The van der Waals surface area contributed by atoms with Crippen LogP contribution < -0.4 is 5.32 Å². The molecule has 2 N–H and O–H groups in total. The molecule has 1 atom stereocenters. The van der Waals surface area contributed by atoms with E-state index in [4.69, 9.17) is 4.42 Å². The van der Waals surface area contributed by atoms with E-state index in [1.54, 1.807) is 32.9 Å². The fraction of sp³-hybridized carbons (Fsp3) is 0.263. The smallest absolute Gasteiger partial charge is 0.326 e. The number of hydrogen-bond donors (Lipinski definition) is 2. The van der Waals surface area contributed by atoms with Gasteiger partial charge in [0.15, 0.2) is 0 Å². The van der Waals surface area contributed by atoms with Crippen LogP contribution in [0.5, 0.6) is 0 Å². The van der Waals surface area contributed by atoms with Gasteiger partial charge in [-0.1, -0.05) is 42.5 Å². The zero-order valence-electron chi connectivity index (χ0n) is 14.0. The largest absolute Gasteiger partial charge is 0.480 e. The van der Waals surface area contributed by atoms with E-state index in [2.05, 4.69) is 5.32 Å². The molecule has 2 rings (SSSR count). The number of allylic oxidation sites excluding steroid dienone is 1. The molecule has 5 nitrogen and oxygen atoms in total. The van der Waals surface area contributed by atoms with Crippen LogP contribution in [0.3, 0.4) is 0 Å². The number of furan rings is 1. The lowest BCUT2D eigenvalue weighted by Crippen LogP contribution is -2.40. The first kappa shape index (κ1) is 17.5. The van der Waals surface area contributed by atoms with Crippen molar-refractivity contribution < 1.29 is 19.1 Å². The summed E-state index contributed by atoms with van der Waals surface area (Å²) in [4.78, 5) is 24.0. The molecule has 0 spiro atoms. The lowest BCUT2D eigenvalue weighted by atomic mass is 10.0. The van der Waals surface area contributed by atoms with Crippen LogP contribution in [0.4, 0.5) is 0 Å². The third kappa shape index (κ3) is 3.74. The molecule has 2 aromatic rings. The summed E-state index contributed by atoms with van der Waals surface area (Å²) in [6.07, 6.45) is 3.70. The van der Waals surface area contributed by atoms with Crippen LogP contribution in [0.1, 0.15) is 35.0 Å². The maximum absolute atomic E-state index is 12.7. The van der Waals surface area contributed by atoms with Gasteiger partial charge in [-0.2, -0.15) is 0 Å². The quantitative estimate of drug-likeness (QED) is 0.793. The summed E-state index contributed by atoms with van der Waals surface area (Å²) in [5.74, 6) is -0.418. The van der Waals surface area contributed by atoms with Crippen LogP contribution >= 0.6 is 0 Å². The average Bonchev–Trinajstić information content (AvgIpc) is 2.87. The van der Waals surface area contributed by atoms with Gasteiger partial charge in [0.05, 0.1) is 5.56 Å². The number of carbonyl (C=O) groups excluding carboxylic acids is 1. The van der Waals surface area contributed by atoms with Crippen LogP contribution in [0.15, 0.2) is 46.9 Å². The van der Waals surface area contributed by atoms with Gasteiger partial charge in [0, 0.05) is 11.1 Å². The van der Waals surface area contributed by atoms with E-state index in [1.165, 1.54) is 0 Å². The molecule has 0 saturated carbocycles. The Labute approximate surface area is 141 Å². The number of aryl methyl sites for hydroxylation is 1. The van der Waals surface area contributed by atoms with Crippen molar-refractivity contribution in [3.8, 4) is 11.3 Å². The van der Waals surface area contributed by atoms with E-state index in [0.717, 1.165) is 5.56 Å². The zero-order chi connectivity index (χ0) is 17.7. The van der Waals surface area contributed by atoms with Gasteiger partial charge in [0.2, 0.25) is 0 Å². The fourth-order valence-electron chi connectivity index (χ4n) is 2.42. The average molecular weight is 327 g/mol. The topological polar surface area (TPSA) is 79.5 Å². The first-order chi connectivity index (χ1) is 11.5. The van der Waals surface area contributed by atoms with Crippen molar-refractivity contribution in [3.63, 3.8) is 0 Å². The Morgan fingerprint density at radius 2 is 1.92 bits per heavy atom. The molecule has 0 fully saturated rings. The SMILES string of the molecule is C/C=C/CC(NC(=O)c1c(-c2ccccc2)oc(C)c1C)C(=O)O. The number of aliphatic carboxylic acids is 1. The highest BCUT2D eigenvalue weighted by atomic mass is 16.4. The van der Waals surface area contributed by atoms with Gasteiger partial charge in [0.25, 0.3) is 5.91 Å². The van der Waals surface area contributed by atoms with Gasteiger partial charge in [-0.15, -0.1) is 0 Å². The Balaban J connectivity index is 2.37. The maximum atomic E-state index is 12.7. The molecule has 0 aliphatic rings. The van der Waals surface area contributed by atoms with E-state index in [1.807, 2.05) is 30.3 Å². The summed E-state index contributed by atoms with van der Waals surface area (Å²) >= 11 is 0. The monoisotopic (exact) mass is 327 g/mol. The molecule has 1 amide bonds. The second-order valence-electron chi connectivity index (χ2n) is 5.52. The van der Waals surface area contributed by atoms with Crippen LogP contribution in [0, 0.1) is 13.8 Å².